The number of H-pyrrole nitrogens is 1. The summed E-state index contributed by atoms with van der Waals surface area (Å²) in [4.78, 5) is 18.7. The van der Waals surface area contributed by atoms with E-state index in [0.717, 1.165) is 6.42 Å². The largest absolute Gasteiger partial charge is 0.454 e. The quantitative estimate of drug-likeness (QED) is 0.796. The lowest BCUT2D eigenvalue weighted by molar-refractivity contribution is 0.617. The minimum Gasteiger partial charge on any atom is -0.454 e. The van der Waals surface area contributed by atoms with Gasteiger partial charge in [-0.2, -0.15) is 0 Å². The van der Waals surface area contributed by atoms with Crippen LogP contribution in [0.5, 0.6) is 0 Å². The number of furan rings is 1. The topological polar surface area (TPSA) is 58.9 Å². The maximum absolute atomic E-state index is 13.2. The van der Waals surface area contributed by atoms with Gasteiger partial charge in [0.05, 0.1) is 0 Å². The van der Waals surface area contributed by atoms with E-state index in [1.807, 2.05) is 6.92 Å². The molecule has 0 saturated carbocycles. The Morgan fingerprint density at radius 1 is 1.30 bits per heavy atom. The van der Waals surface area contributed by atoms with Crippen LogP contribution in [0.1, 0.15) is 19.2 Å². The fraction of sp³-hybridized carbons (Fsp3) is 0.200. The van der Waals surface area contributed by atoms with Crippen molar-refractivity contribution in [1.29, 1.82) is 0 Å². The zero-order valence-corrected chi connectivity index (χ0v) is 10.9. The molecule has 0 amide bonds. The standard InChI is InChI=1S/C15H13FN2O2/c1-2-3-14-17-11(8-15(19)18-14)13-7-9-6-10(16)4-5-12(9)20-13/h4-8H,2-3H2,1H3,(H,17,18,19). The summed E-state index contributed by atoms with van der Waals surface area (Å²) in [6.45, 7) is 2.01. The van der Waals surface area contributed by atoms with Gasteiger partial charge in [-0.05, 0) is 30.7 Å². The first-order chi connectivity index (χ1) is 9.65. The van der Waals surface area contributed by atoms with Gasteiger partial charge in [0.2, 0.25) is 0 Å². The van der Waals surface area contributed by atoms with E-state index in [1.54, 1.807) is 12.1 Å². The van der Waals surface area contributed by atoms with Crippen molar-refractivity contribution in [3.8, 4) is 11.5 Å². The minimum atomic E-state index is -0.324. The van der Waals surface area contributed by atoms with Gasteiger partial charge in [-0.1, -0.05) is 6.92 Å². The molecule has 102 valence electrons. The fourth-order valence-electron chi connectivity index (χ4n) is 2.13. The summed E-state index contributed by atoms with van der Waals surface area (Å²) in [5.74, 6) is 0.770. The SMILES string of the molecule is CCCc1nc(-c2cc3cc(F)ccc3o2)cc(=O)[nH]1. The molecule has 0 unspecified atom stereocenters. The zero-order chi connectivity index (χ0) is 14.1. The average Bonchev–Trinajstić information content (AvgIpc) is 2.81. The molecule has 1 aromatic carbocycles. The van der Waals surface area contributed by atoms with Gasteiger partial charge in [0.25, 0.3) is 5.56 Å². The first-order valence-corrected chi connectivity index (χ1v) is 6.45. The lowest BCUT2D eigenvalue weighted by atomic mass is 10.2. The van der Waals surface area contributed by atoms with Crippen molar-refractivity contribution in [1.82, 2.24) is 9.97 Å². The molecule has 0 spiro atoms. The van der Waals surface area contributed by atoms with E-state index in [1.165, 1.54) is 18.2 Å². The van der Waals surface area contributed by atoms with Gasteiger partial charge < -0.3 is 9.40 Å². The van der Waals surface area contributed by atoms with Gasteiger partial charge in [-0.15, -0.1) is 0 Å². The Hall–Kier alpha value is -2.43. The normalized spacial score (nSPS) is 11.1. The summed E-state index contributed by atoms with van der Waals surface area (Å²) in [7, 11) is 0. The first-order valence-electron chi connectivity index (χ1n) is 6.45. The number of halogens is 1. The van der Waals surface area contributed by atoms with Gasteiger partial charge in [0, 0.05) is 17.9 Å². The lowest BCUT2D eigenvalue weighted by Gasteiger charge is -2.00. The molecule has 0 atom stereocenters. The molecule has 3 rings (SSSR count). The molecule has 0 bridgehead atoms. The second-order valence-corrected chi connectivity index (χ2v) is 4.62. The van der Waals surface area contributed by atoms with Crippen molar-refractivity contribution in [3.63, 3.8) is 0 Å². The van der Waals surface area contributed by atoms with E-state index in [-0.39, 0.29) is 11.4 Å². The van der Waals surface area contributed by atoms with Crippen LogP contribution in [0.3, 0.4) is 0 Å². The van der Waals surface area contributed by atoms with Crippen LogP contribution >= 0.6 is 0 Å². The number of aromatic amines is 1. The molecule has 0 aliphatic rings. The summed E-state index contributed by atoms with van der Waals surface area (Å²) >= 11 is 0. The van der Waals surface area contributed by atoms with Crippen LogP contribution in [-0.4, -0.2) is 9.97 Å². The van der Waals surface area contributed by atoms with Gasteiger partial charge in [0.15, 0.2) is 5.76 Å². The molecular formula is C15H13FN2O2. The second kappa shape index (κ2) is 4.92. The highest BCUT2D eigenvalue weighted by atomic mass is 19.1. The van der Waals surface area contributed by atoms with Crippen LogP contribution in [0, 0.1) is 5.82 Å². The van der Waals surface area contributed by atoms with Gasteiger partial charge in [-0.25, -0.2) is 9.37 Å². The number of aromatic nitrogens is 2. The van der Waals surface area contributed by atoms with Gasteiger partial charge in [-0.3, -0.25) is 4.79 Å². The number of nitrogens with zero attached hydrogens (tertiary/aromatic N) is 1. The molecule has 0 aliphatic carbocycles. The van der Waals surface area contributed by atoms with E-state index in [0.29, 0.717) is 34.7 Å². The number of benzene rings is 1. The number of nitrogens with one attached hydrogen (secondary N) is 1. The number of rotatable bonds is 3. The Morgan fingerprint density at radius 3 is 2.95 bits per heavy atom. The maximum Gasteiger partial charge on any atom is 0.251 e. The van der Waals surface area contributed by atoms with E-state index in [4.69, 9.17) is 4.42 Å². The highest BCUT2D eigenvalue weighted by molar-refractivity contribution is 5.82. The molecule has 0 saturated heterocycles. The number of hydrogen-bond acceptors (Lipinski definition) is 3. The van der Waals surface area contributed by atoms with Crippen molar-refractivity contribution < 1.29 is 8.81 Å². The monoisotopic (exact) mass is 272 g/mol. The van der Waals surface area contributed by atoms with E-state index in [2.05, 4.69) is 9.97 Å². The third-order valence-corrected chi connectivity index (χ3v) is 3.01. The predicted octanol–water partition coefficient (Wildman–Crippen LogP) is 3.27. The van der Waals surface area contributed by atoms with Crippen LogP contribution < -0.4 is 5.56 Å². The predicted molar refractivity (Wildman–Crippen MR) is 74.0 cm³/mol. The number of hydrogen-bond donors (Lipinski definition) is 1. The molecule has 20 heavy (non-hydrogen) atoms. The first kappa shape index (κ1) is 12.6. The fourth-order valence-corrected chi connectivity index (χ4v) is 2.13. The molecule has 2 aromatic heterocycles. The highest BCUT2D eigenvalue weighted by Crippen LogP contribution is 2.26. The molecule has 0 radical (unpaired) electrons. The zero-order valence-electron chi connectivity index (χ0n) is 10.9. The summed E-state index contributed by atoms with van der Waals surface area (Å²) < 4.78 is 18.8. The van der Waals surface area contributed by atoms with Crippen LogP contribution in [0.15, 0.2) is 39.5 Å². The van der Waals surface area contributed by atoms with E-state index in [9.17, 15) is 9.18 Å². The molecule has 3 aromatic rings. The van der Waals surface area contributed by atoms with Crippen molar-refractivity contribution in [2.24, 2.45) is 0 Å². The Bertz CT molecular complexity index is 820. The van der Waals surface area contributed by atoms with Gasteiger partial charge >= 0.3 is 0 Å². The highest BCUT2D eigenvalue weighted by Gasteiger charge is 2.10. The van der Waals surface area contributed by atoms with Crippen molar-refractivity contribution in [3.05, 3.63) is 52.3 Å². The summed E-state index contributed by atoms with van der Waals surface area (Å²) in [5, 5.41) is 0.652. The van der Waals surface area contributed by atoms with Crippen molar-refractivity contribution >= 4 is 11.0 Å². The van der Waals surface area contributed by atoms with E-state index < -0.39 is 0 Å². The van der Waals surface area contributed by atoms with Crippen LogP contribution in [0.25, 0.3) is 22.4 Å². The Kier molecular flexibility index (Phi) is 3.10. The third-order valence-electron chi connectivity index (χ3n) is 3.01. The second-order valence-electron chi connectivity index (χ2n) is 4.62. The van der Waals surface area contributed by atoms with Crippen molar-refractivity contribution in [2.45, 2.75) is 19.8 Å². The molecule has 2 heterocycles. The lowest BCUT2D eigenvalue weighted by Crippen LogP contribution is -2.10. The Morgan fingerprint density at radius 2 is 2.15 bits per heavy atom. The summed E-state index contributed by atoms with van der Waals surface area (Å²) in [6, 6.07) is 7.36. The molecule has 4 nitrogen and oxygen atoms in total. The smallest absolute Gasteiger partial charge is 0.251 e. The molecular weight excluding hydrogens is 259 g/mol. The van der Waals surface area contributed by atoms with Crippen LogP contribution in [0.4, 0.5) is 4.39 Å². The van der Waals surface area contributed by atoms with E-state index >= 15 is 0 Å². The Labute approximate surface area is 114 Å². The van der Waals surface area contributed by atoms with Gasteiger partial charge in [0.1, 0.15) is 22.9 Å². The van der Waals surface area contributed by atoms with Crippen LogP contribution in [-0.2, 0) is 6.42 Å². The number of aryl methyl sites for hydroxylation is 1. The Balaban J connectivity index is 2.12. The van der Waals surface area contributed by atoms with Crippen molar-refractivity contribution in [2.75, 3.05) is 0 Å². The van der Waals surface area contributed by atoms with Crippen LogP contribution in [0.2, 0.25) is 0 Å². The summed E-state index contributed by atoms with van der Waals surface area (Å²) in [6.07, 6.45) is 1.58. The minimum absolute atomic E-state index is 0.218. The molecule has 0 fully saturated rings. The summed E-state index contributed by atoms with van der Waals surface area (Å²) in [5.41, 5.74) is 0.819. The third kappa shape index (κ3) is 2.34. The molecule has 5 heteroatoms. The maximum atomic E-state index is 13.2. The molecule has 0 aliphatic heterocycles. The molecule has 1 N–H and O–H groups in total. The average molecular weight is 272 g/mol. The number of fused-ring (bicyclic) bond motifs is 1.